The molecule has 0 aliphatic heterocycles. The number of carboxylic acid groups (broad SMARTS) is 1. The van der Waals surface area contributed by atoms with Gasteiger partial charge in [0.05, 0.1) is 4.92 Å². The Balaban J connectivity index is 2.49. The summed E-state index contributed by atoms with van der Waals surface area (Å²) in [6.07, 6.45) is 2.27. The molecule has 0 atom stereocenters. The first-order valence-corrected chi connectivity index (χ1v) is 6.69. The van der Waals surface area contributed by atoms with Crippen LogP contribution in [-0.2, 0) is 0 Å². The maximum Gasteiger partial charge on any atom is 0.342 e. The van der Waals surface area contributed by atoms with E-state index in [1.165, 1.54) is 6.07 Å². The lowest BCUT2D eigenvalue weighted by molar-refractivity contribution is -0.384. The van der Waals surface area contributed by atoms with E-state index in [-0.39, 0.29) is 17.3 Å². The highest BCUT2D eigenvalue weighted by atomic mass is 16.6. The molecule has 0 spiro atoms. The third-order valence-corrected chi connectivity index (χ3v) is 3.51. The van der Waals surface area contributed by atoms with Crippen LogP contribution in [0.3, 0.4) is 0 Å². The number of nitrogens with zero attached hydrogens (tertiary/aromatic N) is 2. The average molecular weight is 278 g/mol. The van der Waals surface area contributed by atoms with Crippen LogP contribution in [0, 0.1) is 16.0 Å². The van der Waals surface area contributed by atoms with E-state index >= 15 is 0 Å². The van der Waals surface area contributed by atoms with E-state index < -0.39 is 10.9 Å². The molecular formula is C14H18N2O4. The van der Waals surface area contributed by atoms with Crippen molar-refractivity contribution in [3.05, 3.63) is 33.9 Å². The Bertz CT molecular complexity index is 538. The lowest BCUT2D eigenvalue weighted by atomic mass is 10.1. The van der Waals surface area contributed by atoms with Crippen molar-refractivity contribution < 1.29 is 14.8 Å². The van der Waals surface area contributed by atoms with E-state index in [2.05, 4.69) is 0 Å². The van der Waals surface area contributed by atoms with Crippen molar-refractivity contribution >= 4 is 17.3 Å². The van der Waals surface area contributed by atoms with Gasteiger partial charge in [0.25, 0.3) is 0 Å². The number of aromatic carboxylic acids is 1. The number of para-hydroxylation sites is 1. The number of rotatable bonds is 6. The van der Waals surface area contributed by atoms with Crippen LogP contribution in [0.4, 0.5) is 11.4 Å². The second-order valence-corrected chi connectivity index (χ2v) is 5.43. The molecule has 1 aromatic rings. The summed E-state index contributed by atoms with van der Waals surface area (Å²) in [5, 5.41) is 20.4. The highest BCUT2D eigenvalue weighted by molar-refractivity contribution is 5.95. The topological polar surface area (TPSA) is 83.7 Å². The molecule has 0 bridgehead atoms. The third-order valence-electron chi connectivity index (χ3n) is 3.51. The number of carboxylic acids is 1. The summed E-state index contributed by atoms with van der Waals surface area (Å²) in [4.78, 5) is 23.8. The van der Waals surface area contributed by atoms with Crippen LogP contribution in [0.25, 0.3) is 0 Å². The Kier molecular flexibility index (Phi) is 3.92. The first kappa shape index (κ1) is 14.3. The Morgan fingerprint density at radius 1 is 1.50 bits per heavy atom. The SMILES string of the molecule is CC(C)N(CC1CC1)c1cccc(C(=O)O)c1[N+](=O)[O-]. The van der Waals surface area contributed by atoms with Crippen LogP contribution in [0.5, 0.6) is 0 Å². The summed E-state index contributed by atoms with van der Waals surface area (Å²) in [6.45, 7) is 4.65. The standard InChI is InChI=1S/C14H18N2O4/c1-9(2)15(8-10-6-7-10)12-5-3-4-11(14(17)18)13(12)16(19)20/h3-5,9-10H,6-8H2,1-2H3,(H,17,18). The van der Waals surface area contributed by atoms with Gasteiger partial charge in [0.1, 0.15) is 11.3 Å². The van der Waals surface area contributed by atoms with Crippen molar-refractivity contribution in [1.29, 1.82) is 0 Å². The van der Waals surface area contributed by atoms with Crippen LogP contribution in [0.2, 0.25) is 0 Å². The Morgan fingerprint density at radius 3 is 2.60 bits per heavy atom. The number of carbonyl (C=O) groups is 1. The monoisotopic (exact) mass is 278 g/mol. The normalized spacial score (nSPS) is 14.3. The molecular weight excluding hydrogens is 260 g/mol. The lowest BCUT2D eigenvalue weighted by Gasteiger charge is -2.29. The van der Waals surface area contributed by atoms with Crippen molar-refractivity contribution in [3.8, 4) is 0 Å². The summed E-state index contributed by atoms with van der Waals surface area (Å²) in [5.74, 6) is -0.709. The van der Waals surface area contributed by atoms with Gasteiger partial charge in [-0.2, -0.15) is 0 Å². The Morgan fingerprint density at radius 2 is 2.15 bits per heavy atom. The first-order valence-electron chi connectivity index (χ1n) is 6.69. The molecule has 0 radical (unpaired) electrons. The smallest absolute Gasteiger partial charge is 0.342 e. The quantitative estimate of drug-likeness (QED) is 0.639. The van der Waals surface area contributed by atoms with E-state index in [1.54, 1.807) is 12.1 Å². The number of nitro benzene ring substituents is 1. The van der Waals surface area contributed by atoms with Crippen LogP contribution in [0.1, 0.15) is 37.0 Å². The van der Waals surface area contributed by atoms with Crippen molar-refractivity contribution in [2.45, 2.75) is 32.7 Å². The molecule has 1 aliphatic rings. The molecule has 1 N–H and O–H groups in total. The lowest BCUT2D eigenvalue weighted by Crippen LogP contribution is -2.33. The molecule has 0 amide bonds. The van der Waals surface area contributed by atoms with Gasteiger partial charge < -0.3 is 10.0 Å². The first-order chi connectivity index (χ1) is 9.41. The minimum atomic E-state index is -1.27. The van der Waals surface area contributed by atoms with Gasteiger partial charge >= 0.3 is 11.7 Å². The summed E-state index contributed by atoms with van der Waals surface area (Å²) < 4.78 is 0. The third kappa shape index (κ3) is 2.89. The summed E-state index contributed by atoms with van der Waals surface area (Å²) >= 11 is 0. The van der Waals surface area contributed by atoms with Gasteiger partial charge in [-0.3, -0.25) is 10.1 Å². The molecule has 1 fully saturated rings. The Labute approximate surface area is 117 Å². The zero-order valence-electron chi connectivity index (χ0n) is 11.6. The largest absolute Gasteiger partial charge is 0.477 e. The number of benzene rings is 1. The number of hydrogen-bond acceptors (Lipinski definition) is 4. The van der Waals surface area contributed by atoms with Crippen LogP contribution >= 0.6 is 0 Å². The molecule has 108 valence electrons. The molecule has 6 heteroatoms. The minimum absolute atomic E-state index is 0.0818. The minimum Gasteiger partial charge on any atom is -0.477 e. The summed E-state index contributed by atoms with van der Waals surface area (Å²) in [6, 6.07) is 4.55. The average Bonchev–Trinajstić information content (AvgIpc) is 3.18. The van der Waals surface area contributed by atoms with Crippen LogP contribution < -0.4 is 4.90 Å². The fraction of sp³-hybridized carbons (Fsp3) is 0.500. The number of hydrogen-bond donors (Lipinski definition) is 1. The molecule has 6 nitrogen and oxygen atoms in total. The predicted molar refractivity (Wildman–Crippen MR) is 75.3 cm³/mol. The van der Waals surface area contributed by atoms with Gasteiger partial charge in [0, 0.05) is 12.6 Å². The van der Waals surface area contributed by atoms with E-state index in [0.717, 1.165) is 19.4 Å². The van der Waals surface area contributed by atoms with E-state index in [0.29, 0.717) is 11.6 Å². The molecule has 20 heavy (non-hydrogen) atoms. The molecule has 0 heterocycles. The summed E-state index contributed by atoms with van der Waals surface area (Å²) in [7, 11) is 0. The predicted octanol–water partition coefficient (Wildman–Crippen LogP) is 2.92. The summed E-state index contributed by atoms with van der Waals surface area (Å²) in [5.41, 5.74) is -0.167. The van der Waals surface area contributed by atoms with Gasteiger partial charge in [-0.25, -0.2) is 4.79 Å². The highest BCUT2D eigenvalue weighted by Crippen LogP contribution is 2.37. The van der Waals surface area contributed by atoms with Gasteiger partial charge in [-0.15, -0.1) is 0 Å². The van der Waals surface area contributed by atoms with Crippen molar-refractivity contribution in [2.75, 3.05) is 11.4 Å². The number of anilines is 1. The van der Waals surface area contributed by atoms with E-state index in [4.69, 9.17) is 5.11 Å². The second-order valence-electron chi connectivity index (χ2n) is 5.43. The number of nitro groups is 1. The van der Waals surface area contributed by atoms with Crippen molar-refractivity contribution in [1.82, 2.24) is 0 Å². The molecule has 1 saturated carbocycles. The molecule has 1 aliphatic carbocycles. The van der Waals surface area contributed by atoms with Gasteiger partial charge in [0.2, 0.25) is 0 Å². The Hall–Kier alpha value is -2.11. The van der Waals surface area contributed by atoms with Gasteiger partial charge in [-0.1, -0.05) is 6.07 Å². The van der Waals surface area contributed by atoms with Gasteiger partial charge in [0.15, 0.2) is 0 Å². The maximum atomic E-state index is 11.3. The molecule has 0 aromatic heterocycles. The fourth-order valence-corrected chi connectivity index (χ4v) is 2.29. The molecule has 0 saturated heterocycles. The zero-order valence-corrected chi connectivity index (χ0v) is 11.6. The maximum absolute atomic E-state index is 11.3. The second kappa shape index (κ2) is 5.48. The molecule has 1 aromatic carbocycles. The molecule has 0 unspecified atom stereocenters. The van der Waals surface area contributed by atoms with Crippen LogP contribution in [-0.4, -0.2) is 28.6 Å². The van der Waals surface area contributed by atoms with Crippen molar-refractivity contribution in [3.63, 3.8) is 0 Å². The van der Waals surface area contributed by atoms with E-state index in [1.807, 2.05) is 18.7 Å². The van der Waals surface area contributed by atoms with Crippen LogP contribution in [0.15, 0.2) is 18.2 Å². The van der Waals surface area contributed by atoms with Crippen molar-refractivity contribution in [2.24, 2.45) is 5.92 Å². The fourth-order valence-electron chi connectivity index (χ4n) is 2.29. The zero-order chi connectivity index (χ0) is 14.9. The molecule has 2 rings (SSSR count). The highest BCUT2D eigenvalue weighted by Gasteiger charge is 2.32. The van der Waals surface area contributed by atoms with E-state index in [9.17, 15) is 14.9 Å². The van der Waals surface area contributed by atoms with Gasteiger partial charge in [-0.05, 0) is 44.7 Å².